The van der Waals surface area contributed by atoms with E-state index in [2.05, 4.69) is 15.5 Å². The zero-order chi connectivity index (χ0) is 18.1. The fourth-order valence-electron chi connectivity index (χ4n) is 2.56. The highest BCUT2D eigenvalue weighted by molar-refractivity contribution is 5.91. The van der Waals surface area contributed by atoms with E-state index < -0.39 is 5.60 Å². The van der Waals surface area contributed by atoms with E-state index in [1.165, 1.54) is 0 Å². The van der Waals surface area contributed by atoms with Gasteiger partial charge in [0.1, 0.15) is 5.60 Å². The molecular formula is C17H28N4O3. The molecule has 1 aromatic heterocycles. The molecule has 1 aromatic rings. The van der Waals surface area contributed by atoms with Crippen molar-refractivity contribution in [3.63, 3.8) is 0 Å². The van der Waals surface area contributed by atoms with Gasteiger partial charge in [0.25, 0.3) is 0 Å². The molecule has 24 heavy (non-hydrogen) atoms. The number of H-pyrrole nitrogens is 1. The van der Waals surface area contributed by atoms with Crippen molar-refractivity contribution in [1.82, 2.24) is 15.1 Å². The summed E-state index contributed by atoms with van der Waals surface area (Å²) in [5, 5.41) is 10.0. The Kier molecular flexibility index (Phi) is 4.92. The van der Waals surface area contributed by atoms with Crippen molar-refractivity contribution in [3.05, 3.63) is 11.3 Å². The van der Waals surface area contributed by atoms with Crippen LogP contribution in [-0.2, 0) is 22.5 Å². The second-order valence-corrected chi connectivity index (χ2v) is 8.47. The molecule has 0 spiro atoms. The first-order valence-electron chi connectivity index (χ1n) is 8.28. The molecule has 0 saturated heterocycles. The second kappa shape index (κ2) is 6.45. The number of nitrogens with one attached hydrogen (secondary N) is 2. The van der Waals surface area contributed by atoms with Gasteiger partial charge in [-0.2, -0.15) is 5.10 Å². The highest BCUT2D eigenvalue weighted by Crippen LogP contribution is 2.26. The Morgan fingerprint density at radius 3 is 2.50 bits per heavy atom. The van der Waals surface area contributed by atoms with Crippen molar-refractivity contribution in [2.75, 3.05) is 11.9 Å². The van der Waals surface area contributed by atoms with E-state index >= 15 is 0 Å². The molecule has 0 fully saturated rings. The summed E-state index contributed by atoms with van der Waals surface area (Å²) in [5.74, 6) is 0.523. The van der Waals surface area contributed by atoms with Crippen LogP contribution in [0, 0.1) is 5.41 Å². The lowest BCUT2D eigenvalue weighted by Gasteiger charge is -2.29. The van der Waals surface area contributed by atoms with Crippen LogP contribution in [0.3, 0.4) is 0 Å². The summed E-state index contributed by atoms with van der Waals surface area (Å²) in [6.45, 7) is 12.6. The maximum Gasteiger partial charge on any atom is 0.410 e. The average Bonchev–Trinajstić information content (AvgIpc) is 2.77. The number of aromatic nitrogens is 2. The molecule has 0 bridgehead atoms. The molecule has 0 unspecified atom stereocenters. The van der Waals surface area contributed by atoms with Crippen LogP contribution < -0.4 is 5.32 Å². The van der Waals surface area contributed by atoms with Crippen LogP contribution in [-0.4, -0.2) is 39.2 Å². The molecule has 1 aliphatic rings. The Bertz CT molecular complexity index is 623. The number of aromatic amines is 1. The minimum absolute atomic E-state index is 0.0497. The quantitative estimate of drug-likeness (QED) is 0.869. The van der Waals surface area contributed by atoms with Gasteiger partial charge in [-0.05, 0) is 32.6 Å². The second-order valence-electron chi connectivity index (χ2n) is 8.47. The van der Waals surface area contributed by atoms with Crippen LogP contribution >= 0.6 is 0 Å². The van der Waals surface area contributed by atoms with Gasteiger partial charge in [-0.25, -0.2) is 4.79 Å². The molecule has 2 amide bonds. The SMILES string of the molecule is CC(C)(C)CC(=O)Nc1n[nH]c2c1CCN(C(=O)OC(C)(C)C)C2. The minimum Gasteiger partial charge on any atom is -0.444 e. The molecule has 0 aliphatic carbocycles. The zero-order valence-corrected chi connectivity index (χ0v) is 15.4. The smallest absolute Gasteiger partial charge is 0.410 e. The van der Waals surface area contributed by atoms with Crippen molar-refractivity contribution < 1.29 is 14.3 Å². The first kappa shape index (κ1) is 18.3. The standard InChI is InChI=1S/C17H28N4O3/c1-16(2,3)9-13(22)18-14-11-7-8-21(10-12(11)19-20-14)15(23)24-17(4,5)6/h7-10H2,1-6H3,(H2,18,19,20,22). The van der Waals surface area contributed by atoms with E-state index in [0.29, 0.717) is 31.7 Å². The molecule has 0 atom stereocenters. The number of carbonyl (C=O) groups excluding carboxylic acids is 2. The number of fused-ring (bicyclic) bond motifs is 1. The Morgan fingerprint density at radius 1 is 1.25 bits per heavy atom. The van der Waals surface area contributed by atoms with Gasteiger partial charge in [0.2, 0.25) is 5.91 Å². The Morgan fingerprint density at radius 2 is 1.92 bits per heavy atom. The van der Waals surface area contributed by atoms with Gasteiger partial charge >= 0.3 is 6.09 Å². The first-order chi connectivity index (χ1) is 10.9. The van der Waals surface area contributed by atoms with Crippen LogP contribution in [0.25, 0.3) is 0 Å². The molecule has 2 heterocycles. The van der Waals surface area contributed by atoms with Gasteiger partial charge in [-0.3, -0.25) is 9.89 Å². The van der Waals surface area contributed by atoms with Crippen molar-refractivity contribution in [2.24, 2.45) is 5.41 Å². The van der Waals surface area contributed by atoms with Crippen LogP contribution in [0.2, 0.25) is 0 Å². The lowest BCUT2D eigenvalue weighted by molar-refractivity contribution is -0.117. The number of ether oxygens (including phenoxy) is 1. The highest BCUT2D eigenvalue weighted by Gasteiger charge is 2.29. The van der Waals surface area contributed by atoms with Crippen molar-refractivity contribution in [3.8, 4) is 0 Å². The van der Waals surface area contributed by atoms with E-state index in [9.17, 15) is 9.59 Å². The lowest BCUT2D eigenvalue weighted by Crippen LogP contribution is -2.40. The molecule has 7 heteroatoms. The summed E-state index contributed by atoms with van der Waals surface area (Å²) in [4.78, 5) is 25.9. The van der Waals surface area contributed by atoms with E-state index in [1.54, 1.807) is 4.90 Å². The van der Waals surface area contributed by atoms with Crippen LogP contribution in [0.4, 0.5) is 10.6 Å². The number of amides is 2. The van der Waals surface area contributed by atoms with E-state index in [4.69, 9.17) is 4.74 Å². The summed E-state index contributed by atoms with van der Waals surface area (Å²) in [5.41, 5.74) is 1.22. The normalized spacial score (nSPS) is 15.0. The Hall–Kier alpha value is -2.05. The summed E-state index contributed by atoms with van der Waals surface area (Å²) in [7, 11) is 0. The average molecular weight is 336 g/mol. The van der Waals surface area contributed by atoms with Gasteiger partial charge in [-0.15, -0.1) is 0 Å². The number of nitrogens with zero attached hydrogens (tertiary/aromatic N) is 2. The predicted octanol–water partition coefficient (Wildman–Crippen LogP) is 3.08. The molecule has 0 saturated carbocycles. The summed E-state index contributed by atoms with van der Waals surface area (Å²) >= 11 is 0. The third-order valence-electron chi connectivity index (χ3n) is 3.53. The third kappa shape index (κ3) is 4.97. The highest BCUT2D eigenvalue weighted by atomic mass is 16.6. The zero-order valence-electron chi connectivity index (χ0n) is 15.4. The van der Waals surface area contributed by atoms with Gasteiger partial charge in [0.05, 0.1) is 12.2 Å². The molecule has 134 valence electrons. The van der Waals surface area contributed by atoms with Gasteiger partial charge in [-0.1, -0.05) is 20.8 Å². The monoisotopic (exact) mass is 336 g/mol. The van der Waals surface area contributed by atoms with E-state index in [-0.39, 0.29) is 17.4 Å². The number of rotatable bonds is 2. The maximum atomic E-state index is 12.2. The minimum atomic E-state index is -0.516. The number of hydrogen-bond donors (Lipinski definition) is 2. The van der Waals surface area contributed by atoms with Crippen molar-refractivity contribution in [2.45, 2.75) is 66.5 Å². The van der Waals surface area contributed by atoms with Crippen molar-refractivity contribution in [1.29, 1.82) is 0 Å². The van der Waals surface area contributed by atoms with E-state index in [1.807, 2.05) is 41.5 Å². The topological polar surface area (TPSA) is 87.3 Å². The molecule has 7 nitrogen and oxygen atoms in total. The largest absolute Gasteiger partial charge is 0.444 e. The number of carbonyl (C=O) groups is 2. The summed E-state index contributed by atoms with van der Waals surface area (Å²) in [6, 6.07) is 0. The number of anilines is 1. The lowest BCUT2D eigenvalue weighted by atomic mass is 9.92. The van der Waals surface area contributed by atoms with Crippen LogP contribution in [0.15, 0.2) is 0 Å². The van der Waals surface area contributed by atoms with Crippen LogP contribution in [0.1, 0.15) is 59.2 Å². The van der Waals surface area contributed by atoms with Crippen molar-refractivity contribution >= 4 is 17.8 Å². The predicted molar refractivity (Wildman–Crippen MR) is 91.6 cm³/mol. The number of hydrogen-bond acceptors (Lipinski definition) is 4. The first-order valence-corrected chi connectivity index (χ1v) is 8.28. The maximum absolute atomic E-state index is 12.2. The van der Waals surface area contributed by atoms with E-state index in [0.717, 1.165) is 11.3 Å². The molecule has 1 aliphatic heterocycles. The fourth-order valence-corrected chi connectivity index (χ4v) is 2.56. The molecule has 2 N–H and O–H groups in total. The molecule has 0 aromatic carbocycles. The molecule has 2 rings (SSSR count). The summed E-state index contributed by atoms with van der Waals surface area (Å²) < 4.78 is 5.40. The molecular weight excluding hydrogens is 308 g/mol. The van der Waals surface area contributed by atoms with Gasteiger partial charge in [0.15, 0.2) is 5.82 Å². The Balaban J connectivity index is 2.01. The van der Waals surface area contributed by atoms with Gasteiger partial charge in [0, 0.05) is 18.5 Å². The van der Waals surface area contributed by atoms with Crippen LogP contribution in [0.5, 0.6) is 0 Å². The summed E-state index contributed by atoms with van der Waals surface area (Å²) in [6.07, 6.45) is 0.732. The Labute approximate surface area is 143 Å². The molecule has 0 radical (unpaired) electrons. The van der Waals surface area contributed by atoms with Gasteiger partial charge < -0.3 is 15.0 Å². The third-order valence-corrected chi connectivity index (χ3v) is 3.53. The fraction of sp³-hybridized carbons (Fsp3) is 0.706.